The van der Waals surface area contributed by atoms with Gasteiger partial charge in [0.2, 0.25) is 0 Å². The third kappa shape index (κ3) is 3.05. The number of methoxy groups -OCH3 is 1. The monoisotopic (exact) mass is 256 g/mol. The van der Waals surface area contributed by atoms with Crippen molar-refractivity contribution in [2.24, 2.45) is 0 Å². The van der Waals surface area contributed by atoms with E-state index in [4.69, 9.17) is 0 Å². The molecule has 0 N–H and O–H groups in total. The number of halogens is 5. The largest absolute Gasteiger partial charge is 0.573 e. The normalized spacial score (nSPS) is 11.2. The van der Waals surface area contributed by atoms with Gasteiger partial charge in [0.15, 0.2) is 11.6 Å². The maximum Gasteiger partial charge on any atom is 0.573 e. The molecule has 0 aliphatic carbocycles. The van der Waals surface area contributed by atoms with Crippen LogP contribution in [0.3, 0.4) is 0 Å². The molecule has 0 unspecified atom stereocenters. The van der Waals surface area contributed by atoms with E-state index in [0.29, 0.717) is 12.1 Å². The molecule has 0 aromatic heterocycles. The van der Waals surface area contributed by atoms with E-state index in [9.17, 15) is 26.7 Å². The van der Waals surface area contributed by atoms with E-state index < -0.39 is 35.3 Å². The van der Waals surface area contributed by atoms with E-state index in [1.807, 2.05) is 0 Å². The van der Waals surface area contributed by atoms with Crippen LogP contribution in [0.25, 0.3) is 0 Å². The van der Waals surface area contributed by atoms with Crippen molar-refractivity contribution in [2.75, 3.05) is 7.11 Å². The molecule has 0 saturated heterocycles. The van der Waals surface area contributed by atoms with E-state index in [1.54, 1.807) is 0 Å². The van der Waals surface area contributed by atoms with Gasteiger partial charge in [0.25, 0.3) is 0 Å². The van der Waals surface area contributed by atoms with Crippen LogP contribution in [0.5, 0.6) is 5.75 Å². The minimum atomic E-state index is -5.15. The Labute approximate surface area is 91.7 Å². The maximum absolute atomic E-state index is 13.3. The molecule has 0 aliphatic heterocycles. The first-order valence-corrected chi connectivity index (χ1v) is 4.08. The average Bonchev–Trinajstić information content (AvgIpc) is 2.20. The van der Waals surface area contributed by atoms with Gasteiger partial charge in [-0.2, -0.15) is 0 Å². The molecule has 1 rings (SSSR count). The summed E-state index contributed by atoms with van der Waals surface area (Å²) < 4.78 is 69.2. The SMILES string of the molecule is COC(=O)c1c(F)ccc(OC(F)(F)F)c1F. The molecule has 0 heterocycles. The maximum atomic E-state index is 13.3. The van der Waals surface area contributed by atoms with Crippen molar-refractivity contribution in [3.8, 4) is 5.75 Å². The van der Waals surface area contributed by atoms with E-state index >= 15 is 0 Å². The molecule has 1 aromatic rings. The Morgan fingerprint density at radius 1 is 1.24 bits per heavy atom. The summed E-state index contributed by atoms with van der Waals surface area (Å²) >= 11 is 0. The van der Waals surface area contributed by atoms with Crippen molar-refractivity contribution in [3.05, 3.63) is 29.3 Å². The molecular formula is C9H5F5O3. The van der Waals surface area contributed by atoms with Crippen molar-refractivity contribution < 1.29 is 36.2 Å². The second-order valence-electron chi connectivity index (χ2n) is 2.77. The van der Waals surface area contributed by atoms with Crippen LogP contribution in [0.15, 0.2) is 12.1 Å². The van der Waals surface area contributed by atoms with E-state index in [2.05, 4.69) is 9.47 Å². The van der Waals surface area contributed by atoms with Crippen LogP contribution in [0.2, 0.25) is 0 Å². The van der Waals surface area contributed by atoms with Crippen LogP contribution in [-0.2, 0) is 4.74 Å². The first-order chi connectivity index (χ1) is 7.76. The first kappa shape index (κ1) is 13.2. The number of hydrogen-bond donors (Lipinski definition) is 0. The van der Waals surface area contributed by atoms with Gasteiger partial charge < -0.3 is 9.47 Å². The van der Waals surface area contributed by atoms with Gasteiger partial charge in [0, 0.05) is 0 Å². The summed E-state index contributed by atoms with van der Waals surface area (Å²) in [5, 5.41) is 0. The fourth-order valence-corrected chi connectivity index (χ4v) is 1.03. The van der Waals surface area contributed by atoms with Crippen LogP contribution >= 0.6 is 0 Å². The highest BCUT2D eigenvalue weighted by atomic mass is 19.4. The number of alkyl halides is 3. The number of ether oxygens (including phenoxy) is 2. The van der Waals surface area contributed by atoms with Crippen molar-refractivity contribution in [2.45, 2.75) is 6.36 Å². The van der Waals surface area contributed by atoms with Crippen LogP contribution < -0.4 is 4.74 Å². The smallest absolute Gasteiger partial charge is 0.465 e. The number of carbonyl (C=O) groups is 1. The molecule has 1 aromatic carbocycles. The molecule has 0 spiro atoms. The number of rotatable bonds is 2. The highest BCUT2D eigenvalue weighted by molar-refractivity contribution is 5.90. The standard InChI is InChI=1S/C9H5F5O3/c1-16-8(15)6-4(10)2-3-5(7(6)11)17-9(12,13)14/h2-3H,1H3. The van der Waals surface area contributed by atoms with E-state index in [1.165, 1.54) is 0 Å². The lowest BCUT2D eigenvalue weighted by molar-refractivity contribution is -0.275. The molecular weight excluding hydrogens is 251 g/mol. The zero-order valence-corrected chi connectivity index (χ0v) is 8.27. The number of hydrogen-bond acceptors (Lipinski definition) is 3. The summed E-state index contributed by atoms with van der Waals surface area (Å²) in [5.74, 6) is -5.86. The quantitative estimate of drug-likeness (QED) is 0.602. The Hall–Kier alpha value is -1.86. The second kappa shape index (κ2) is 4.56. The molecule has 0 radical (unpaired) electrons. The topological polar surface area (TPSA) is 35.5 Å². The third-order valence-corrected chi connectivity index (χ3v) is 1.67. The van der Waals surface area contributed by atoms with Crippen molar-refractivity contribution in [3.63, 3.8) is 0 Å². The minimum Gasteiger partial charge on any atom is -0.465 e. The number of benzene rings is 1. The second-order valence-corrected chi connectivity index (χ2v) is 2.77. The van der Waals surface area contributed by atoms with E-state index in [0.717, 1.165) is 7.11 Å². The van der Waals surface area contributed by atoms with Gasteiger partial charge >= 0.3 is 12.3 Å². The Bertz CT molecular complexity index is 441. The number of esters is 1. The Kier molecular flexibility index (Phi) is 3.54. The van der Waals surface area contributed by atoms with Gasteiger partial charge in [-0.1, -0.05) is 0 Å². The lowest BCUT2D eigenvalue weighted by Crippen LogP contribution is -2.19. The Morgan fingerprint density at radius 2 is 1.82 bits per heavy atom. The van der Waals surface area contributed by atoms with Crippen LogP contribution in [0, 0.1) is 11.6 Å². The fraction of sp³-hybridized carbons (Fsp3) is 0.222. The molecule has 0 atom stereocenters. The molecule has 8 heteroatoms. The van der Waals surface area contributed by atoms with Crippen LogP contribution in [-0.4, -0.2) is 19.4 Å². The third-order valence-electron chi connectivity index (χ3n) is 1.67. The zero-order valence-electron chi connectivity index (χ0n) is 8.27. The molecule has 3 nitrogen and oxygen atoms in total. The van der Waals surface area contributed by atoms with Gasteiger partial charge in [0.1, 0.15) is 11.4 Å². The van der Waals surface area contributed by atoms with E-state index in [-0.39, 0.29) is 0 Å². The van der Waals surface area contributed by atoms with Gasteiger partial charge in [-0.05, 0) is 12.1 Å². The van der Waals surface area contributed by atoms with Crippen LogP contribution in [0.4, 0.5) is 22.0 Å². The lowest BCUT2D eigenvalue weighted by atomic mass is 10.2. The summed E-state index contributed by atoms with van der Waals surface area (Å²) in [6, 6.07) is 0.890. The van der Waals surface area contributed by atoms with Gasteiger partial charge in [-0.25, -0.2) is 13.6 Å². The first-order valence-electron chi connectivity index (χ1n) is 4.08. The lowest BCUT2D eigenvalue weighted by Gasteiger charge is -2.11. The summed E-state index contributed by atoms with van der Waals surface area (Å²) in [6.07, 6.45) is -5.15. The molecule has 0 amide bonds. The Balaban J connectivity index is 3.24. The predicted octanol–water partition coefficient (Wildman–Crippen LogP) is 2.65. The molecule has 17 heavy (non-hydrogen) atoms. The van der Waals surface area contributed by atoms with Gasteiger partial charge in [0.05, 0.1) is 7.11 Å². The van der Waals surface area contributed by atoms with Gasteiger partial charge in [-0.3, -0.25) is 0 Å². The van der Waals surface area contributed by atoms with Gasteiger partial charge in [-0.15, -0.1) is 13.2 Å². The fourth-order valence-electron chi connectivity index (χ4n) is 1.03. The molecule has 0 fully saturated rings. The summed E-state index contributed by atoms with van der Waals surface area (Å²) in [4.78, 5) is 10.9. The molecule has 0 saturated carbocycles. The molecule has 0 bridgehead atoms. The average molecular weight is 256 g/mol. The van der Waals surface area contributed by atoms with Crippen molar-refractivity contribution >= 4 is 5.97 Å². The van der Waals surface area contributed by atoms with Crippen molar-refractivity contribution in [1.82, 2.24) is 0 Å². The summed E-state index contributed by atoms with van der Waals surface area (Å²) in [7, 11) is 0.832. The number of carbonyl (C=O) groups excluding carboxylic acids is 1. The summed E-state index contributed by atoms with van der Waals surface area (Å²) in [5.41, 5.74) is -1.24. The van der Waals surface area contributed by atoms with Crippen molar-refractivity contribution in [1.29, 1.82) is 0 Å². The minimum absolute atomic E-state index is 0.421. The molecule has 94 valence electrons. The predicted molar refractivity (Wildman–Crippen MR) is 44.4 cm³/mol. The zero-order chi connectivity index (χ0) is 13.2. The van der Waals surface area contributed by atoms with Crippen LogP contribution in [0.1, 0.15) is 10.4 Å². The highest BCUT2D eigenvalue weighted by Gasteiger charge is 2.34. The molecule has 0 aliphatic rings. The Morgan fingerprint density at radius 3 is 2.29 bits per heavy atom. The summed E-state index contributed by atoms with van der Waals surface area (Å²) in [6.45, 7) is 0. The highest BCUT2D eigenvalue weighted by Crippen LogP contribution is 2.28.